The average molecular weight is 367 g/mol. The van der Waals surface area contributed by atoms with Gasteiger partial charge in [0.2, 0.25) is 0 Å². The minimum Gasteiger partial charge on any atom is -0.449 e. The summed E-state index contributed by atoms with van der Waals surface area (Å²) in [5.41, 5.74) is 0.123. The first-order valence-electron chi connectivity index (χ1n) is 7.19. The second-order valence-corrected chi connectivity index (χ2v) is 6.46. The highest BCUT2D eigenvalue weighted by Crippen LogP contribution is 2.16. The summed E-state index contributed by atoms with van der Waals surface area (Å²) in [6.07, 6.45) is 0.227. The molecule has 0 saturated heterocycles. The topological polar surface area (TPSA) is 72.5 Å². The Morgan fingerprint density at radius 1 is 1.12 bits per heavy atom. The number of nitrogens with one attached hydrogen (secondary N) is 1. The first-order chi connectivity index (χ1) is 11.8. The van der Waals surface area contributed by atoms with Crippen LogP contribution in [0.3, 0.4) is 0 Å². The Hall–Kier alpha value is -2.61. The standard InChI is InChI=1S/C17H15F2NO4S/c1-10(16(21)20-11-7-8-13(18)14(19)9-11)24-17(22)12-5-3-4-6-15(12)25(2)23/h3-10H,1-2H3,(H,20,21)/t10-,25-/m0/s1. The molecule has 0 fully saturated rings. The van der Waals surface area contributed by atoms with Crippen molar-refractivity contribution in [2.75, 3.05) is 11.6 Å². The summed E-state index contributed by atoms with van der Waals surface area (Å²) in [7, 11) is -1.40. The molecule has 0 saturated carbocycles. The number of hydrogen-bond donors (Lipinski definition) is 1. The molecule has 0 heterocycles. The summed E-state index contributed by atoms with van der Waals surface area (Å²) in [5.74, 6) is -3.67. The molecule has 1 amide bonds. The predicted molar refractivity (Wildman–Crippen MR) is 88.6 cm³/mol. The zero-order valence-corrected chi connectivity index (χ0v) is 14.2. The lowest BCUT2D eigenvalue weighted by Crippen LogP contribution is -2.30. The van der Waals surface area contributed by atoms with E-state index in [-0.39, 0.29) is 11.3 Å². The van der Waals surface area contributed by atoms with Crippen molar-refractivity contribution in [1.82, 2.24) is 0 Å². The Morgan fingerprint density at radius 3 is 2.44 bits per heavy atom. The van der Waals surface area contributed by atoms with Crippen molar-refractivity contribution >= 4 is 28.4 Å². The summed E-state index contributed by atoms with van der Waals surface area (Å²) in [6, 6.07) is 9.05. The summed E-state index contributed by atoms with van der Waals surface area (Å²) < 4.78 is 42.7. The maximum atomic E-state index is 13.1. The van der Waals surface area contributed by atoms with Crippen molar-refractivity contribution in [1.29, 1.82) is 0 Å². The Morgan fingerprint density at radius 2 is 1.80 bits per heavy atom. The van der Waals surface area contributed by atoms with Crippen molar-refractivity contribution in [3.8, 4) is 0 Å². The molecule has 25 heavy (non-hydrogen) atoms. The van der Waals surface area contributed by atoms with Crippen LogP contribution in [0.5, 0.6) is 0 Å². The van der Waals surface area contributed by atoms with Gasteiger partial charge in [0.25, 0.3) is 5.91 Å². The highest BCUT2D eigenvalue weighted by atomic mass is 32.2. The molecule has 0 aromatic heterocycles. The molecule has 0 aliphatic rings. The Bertz CT molecular complexity index is 841. The van der Waals surface area contributed by atoms with Crippen LogP contribution in [0.4, 0.5) is 14.5 Å². The lowest BCUT2D eigenvalue weighted by atomic mass is 10.2. The van der Waals surface area contributed by atoms with Gasteiger partial charge in [-0.1, -0.05) is 12.1 Å². The van der Waals surface area contributed by atoms with E-state index < -0.39 is 40.4 Å². The molecule has 0 aliphatic carbocycles. The number of esters is 1. The van der Waals surface area contributed by atoms with Gasteiger partial charge in [-0.05, 0) is 31.2 Å². The first kappa shape index (κ1) is 18.7. The fourth-order valence-electron chi connectivity index (χ4n) is 1.98. The van der Waals surface area contributed by atoms with E-state index in [4.69, 9.17) is 4.74 Å². The van der Waals surface area contributed by atoms with Crippen molar-refractivity contribution in [3.63, 3.8) is 0 Å². The summed E-state index contributed by atoms with van der Waals surface area (Å²) in [6.45, 7) is 1.33. The largest absolute Gasteiger partial charge is 0.449 e. The van der Waals surface area contributed by atoms with Gasteiger partial charge in [0.15, 0.2) is 17.7 Å². The number of hydrogen-bond acceptors (Lipinski definition) is 4. The minimum atomic E-state index is -1.40. The molecule has 0 spiro atoms. The molecule has 8 heteroatoms. The van der Waals surface area contributed by atoms with Crippen LogP contribution >= 0.6 is 0 Å². The molecule has 5 nitrogen and oxygen atoms in total. The number of ether oxygens (including phenoxy) is 1. The molecule has 1 N–H and O–H groups in total. The molecular formula is C17H15F2NO4S. The van der Waals surface area contributed by atoms with Crippen LogP contribution in [-0.4, -0.2) is 28.4 Å². The van der Waals surface area contributed by atoms with Gasteiger partial charge in [0.1, 0.15) is 0 Å². The molecule has 0 radical (unpaired) electrons. The van der Waals surface area contributed by atoms with Gasteiger partial charge in [-0.15, -0.1) is 0 Å². The van der Waals surface area contributed by atoms with Crippen molar-refractivity contribution in [2.24, 2.45) is 0 Å². The maximum absolute atomic E-state index is 13.1. The molecule has 2 aromatic rings. The lowest BCUT2D eigenvalue weighted by molar-refractivity contribution is -0.123. The third kappa shape index (κ3) is 4.69. The third-order valence-electron chi connectivity index (χ3n) is 3.26. The van der Waals surface area contributed by atoms with Crippen LogP contribution in [-0.2, 0) is 20.3 Å². The molecule has 0 bridgehead atoms. The summed E-state index contributed by atoms with van der Waals surface area (Å²) in [5, 5.41) is 2.32. The summed E-state index contributed by atoms with van der Waals surface area (Å²) in [4.78, 5) is 24.5. The Labute approximate surface area is 145 Å². The van der Waals surface area contributed by atoms with Crippen molar-refractivity contribution in [2.45, 2.75) is 17.9 Å². The number of amides is 1. The van der Waals surface area contributed by atoms with E-state index in [1.807, 2.05) is 0 Å². The van der Waals surface area contributed by atoms with E-state index >= 15 is 0 Å². The van der Waals surface area contributed by atoms with Gasteiger partial charge in [-0.25, -0.2) is 13.6 Å². The SMILES string of the molecule is C[C@H](OC(=O)c1ccccc1[S@](C)=O)C(=O)Nc1ccc(F)c(F)c1. The molecule has 0 aliphatic heterocycles. The molecule has 2 aromatic carbocycles. The van der Waals surface area contributed by atoms with Crippen LogP contribution < -0.4 is 5.32 Å². The molecule has 2 atom stereocenters. The number of anilines is 1. The quantitative estimate of drug-likeness (QED) is 0.825. The zero-order valence-electron chi connectivity index (χ0n) is 13.4. The van der Waals surface area contributed by atoms with Crippen molar-refractivity contribution in [3.05, 3.63) is 59.7 Å². The van der Waals surface area contributed by atoms with E-state index in [0.717, 1.165) is 12.1 Å². The fourth-order valence-corrected chi connectivity index (χ4v) is 2.71. The van der Waals surface area contributed by atoms with Crippen LogP contribution in [0.15, 0.2) is 47.4 Å². The number of carbonyl (C=O) groups is 2. The average Bonchev–Trinajstić information content (AvgIpc) is 2.58. The number of carbonyl (C=O) groups excluding carboxylic acids is 2. The van der Waals surface area contributed by atoms with E-state index in [0.29, 0.717) is 4.90 Å². The van der Waals surface area contributed by atoms with Gasteiger partial charge in [0, 0.05) is 18.0 Å². The highest BCUT2D eigenvalue weighted by molar-refractivity contribution is 7.84. The fraction of sp³-hybridized carbons (Fsp3) is 0.176. The maximum Gasteiger partial charge on any atom is 0.340 e. The molecule has 0 unspecified atom stereocenters. The van der Waals surface area contributed by atoms with Crippen LogP contribution in [0.25, 0.3) is 0 Å². The third-order valence-corrected chi connectivity index (χ3v) is 4.23. The zero-order chi connectivity index (χ0) is 18.6. The van der Waals surface area contributed by atoms with Gasteiger partial charge < -0.3 is 10.1 Å². The van der Waals surface area contributed by atoms with Crippen LogP contribution in [0, 0.1) is 11.6 Å². The number of halogens is 2. The highest BCUT2D eigenvalue weighted by Gasteiger charge is 2.22. The first-order valence-corrected chi connectivity index (χ1v) is 8.74. The van der Waals surface area contributed by atoms with E-state index in [1.165, 1.54) is 31.4 Å². The van der Waals surface area contributed by atoms with Crippen molar-refractivity contribution < 1.29 is 27.3 Å². The molecule has 2 rings (SSSR count). The van der Waals surface area contributed by atoms with Crippen LogP contribution in [0.2, 0.25) is 0 Å². The normalized spacial score (nSPS) is 13.0. The van der Waals surface area contributed by atoms with Crippen LogP contribution in [0.1, 0.15) is 17.3 Å². The summed E-state index contributed by atoms with van der Waals surface area (Å²) >= 11 is 0. The number of benzene rings is 2. The molecular weight excluding hydrogens is 352 g/mol. The Balaban J connectivity index is 2.07. The van der Waals surface area contributed by atoms with E-state index in [2.05, 4.69) is 5.32 Å². The smallest absolute Gasteiger partial charge is 0.340 e. The van der Waals surface area contributed by atoms with Gasteiger partial charge in [-0.3, -0.25) is 9.00 Å². The lowest BCUT2D eigenvalue weighted by Gasteiger charge is -2.14. The second-order valence-electron chi connectivity index (χ2n) is 5.12. The minimum absolute atomic E-state index is 0.0295. The number of rotatable bonds is 5. The van der Waals surface area contributed by atoms with Gasteiger partial charge >= 0.3 is 5.97 Å². The molecule has 132 valence electrons. The van der Waals surface area contributed by atoms with E-state index in [9.17, 15) is 22.6 Å². The Kier molecular flexibility index (Phi) is 5.97. The monoisotopic (exact) mass is 367 g/mol. The second kappa shape index (κ2) is 7.98. The predicted octanol–water partition coefficient (Wildman–Crippen LogP) is 2.89. The van der Waals surface area contributed by atoms with Gasteiger partial charge in [0.05, 0.1) is 21.3 Å². The van der Waals surface area contributed by atoms with Gasteiger partial charge in [-0.2, -0.15) is 0 Å². The van der Waals surface area contributed by atoms with E-state index in [1.54, 1.807) is 12.1 Å².